The van der Waals surface area contributed by atoms with Crippen molar-refractivity contribution in [1.29, 1.82) is 0 Å². The summed E-state index contributed by atoms with van der Waals surface area (Å²) in [5, 5.41) is 3.35. The zero-order valence-electron chi connectivity index (χ0n) is 17.3. The molecule has 4 bridgehead atoms. The highest BCUT2D eigenvalue weighted by atomic mass is 16.2. The number of benzene rings is 2. The molecule has 4 saturated carbocycles. The Hall–Kier alpha value is -2.09. The lowest BCUT2D eigenvalue weighted by Crippen LogP contribution is -2.58. The van der Waals surface area contributed by atoms with E-state index in [1.54, 1.807) is 0 Å². The van der Waals surface area contributed by atoms with Crippen molar-refractivity contribution < 1.29 is 4.79 Å². The molecule has 2 atom stereocenters. The number of nitrogens with one attached hydrogen (secondary N) is 1. The molecule has 4 fully saturated rings. The summed E-state index contributed by atoms with van der Waals surface area (Å²) < 4.78 is 0. The summed E-state index contributed by atoms with van der Waals surface area (Å²) in [7, 11) is 0. The molecule has 4 aliphatic rings. The van der Waals surface area contributed by atoms with Gasteiger partial charge in [-0.1, -0.05) is 42.0 Å². The summed E-state index contributed by atoms with van der Waals surface area (Å²) in [6, 6.07) is 15.4. The smallest absolute Gasteiger partial charge is 0.230 e. The van der Waals surface area contributed by atoms with Crippen molar-refractivity contribution in [2.24, 2.45) is 17.3 Å². The number of hydrogen-bond acceptors (Lipinski definition) is 1. The molecule has 0 heterocycles. The Morgan fingerprint density at radius 1 is 0.929 bits per heavy atom. The molecule has 4 aliphatic carbocycles. The maximum absolute atomic E-state index is 13.6. The summed E-state index contributed by atoms with van der Waals surface area (Å²) in [5.41, 5.74) is 6.22. The van der Waals surface area contributed by atoms with Crippen molar-refractivity contribution in [3.63, 3.8) is 0 Å². The summed E-state index contributed by atoms with van der Waals surface area (Å²) in [6.07, 6.45) is 7.04. The third-order valence-corrected chi connectivity index (χ3v) is 8.06. The van der Waals surface area contributed by atoms with Gasteiger partial charge in [-0.3, -0.25) is 4.79 Å². The standard InChI is InChI=1S/C26H31NO/c1-17-7-9-22(10-8-17)25-12-20-11-21(13-25)15-26(14-20,16-25)24(28)27-23-6-4-5-18(2)19(23)3/h4-10,20-21H,11-16H2,1-3H3,(H,27,28)/t20-,21-,25?,26?/m0/s1. The van der Waals surface area contributed by atoms with Crippen molar-refractivity contribution in [2.75, 3.05) is 5.32 Å². The molecule has 0 unspecified atom stereocenters. The topological polar surface area (TPSA) is 29.1 Å². The van der Waals surface area contributed by atoms with Gasteiger partial charge in [0.25, 0.3) is 0 Å². The number of anilines is 1. The van der Waals surface area contributed by atoms with Crippen LogP contribution in [0.2, 0.25) is 0 Å². The Bertz CT molecular complexity index is 912. The van der Waals surface area contributed by atoms with Crippen molar-refractivity contribution in [2.45, 2.75) is 64.7 Å². The minimum atomic E-state index is -0.189. The zero-order valence-corrected chi connectivity index (χ0v) is 17.3. The fourth-order valence-corrected chi connectivity index (χ4v) is 6.91. The summed E-state index contributed by atoms with van der Waals surface area (Å²) in [4.78, 5) is 13.6. The molecule has 0 aliphatic heterocycles. The molecule has 2 aromatic rings. The van der Waals surface area contributed by atoms with E-state index in [1.807, 2.05) is 6.07 Å². The van der Waals surface area contributed by atoms with Crippen LogP contribution in [0, 0.1) is 38.0 Å². The Kier molecular flexibility index (Phi) is 3.98. The lowest BCUT2D eigenvalue weighted by Gasteiger charge is -2.61. The summed E-state index contributed by atoms with van der Waals surface area (Å²) >= 11 is 0. The molecule has 1 N–H and O–H groups in total. The molecule has 146 valence electrons. The number of aryl methyl sites for hydroxylation is 2. The average molecular weight is 374 g/mol. The first kappa shape index (κ1) is 18.0. The molecule has 1 amide bonds. The molecule has 0 aromatic heterocycles. The third-order valence-electron chi connectivity index (χ3n) is 8.06. The highest BCUT2D eigenvalue weighted by molar-refractivity contribution is 5.96. The maximum atomic E-state index is 13.6. The second-order valence-electron chi connectivity index (χ2n) is 10.1. The van der Waals surface area contributed by atoms with Gasteiger partial charge in [0.1, 0.15) is 0 Å². The SMILES string of the molecule is Cc1ccc(C23C[C@@H]4C[C@H](CC(C(=O)Nc5cccc(C)c5C)(C4)C2)C3)cc1. The van der Waals surface area contributed by atoms with E-state index in [0.717, 1.165) is 24.9 Å². The predicted molar refractivity (Wildman–Crippen MR) is 115 cm³/mol. The second kappa shape index (κ2) is 6.20. The van der Waals surface area contributed by atoms with Crippen LogP contribution in [0.15, 0.2) is 42.5 Å². The first-order valence-corrected chi connectivity index (χ1v) is 10.8. The molecule has 0 radical (unpaired) electrons. The molecule has 2 nitrogen and oxygen atoms in total. The maximum Gasteiger partial charge on any atom is 0.230 e. The normalized spacial score (nSPS) is 33.1. The van der Waals surface area contributed by atoms with Crippen LogP contribution in [0.4, 0.5) is 5.69 Å². The number of carbonyl (C=O) groups is 1. The second-order valence-corrected chi connectivity index (χ2v) is 10.1. The number of rotatable bonds is 3. The van der Waals surface area contributed by atoms with E-state index in [-0.39, 0.29) is 16.7 Å². The fraction of sp³-hybridized carbons (Fsp3) is 0.500. The van der Waals surface area contributed by atoms with Crippen molar-refractivity contribution in [1.82, 2.24) is 0 Å². The lowest BCUT2D eigenvalue weighted by atomic mass is 9.42. The van der Waals surface area contributed by atoms with E-state index in [2.05, 4.69) is 62.5 Å². The van der Waals surface area contributed by atoms with Gasteiger partial charge in [-0.25, -0.2) is 0 Å². The molecule has 0 spiro atoms. The Balaban J connectivity index is 1.48. The summed E-state index contributed by atoms with van der Waals surface area (Å²) in [5.74, 6) is 1.67. The Labute approximate surface area is 168 Å². The van der Waals surface area contributed by atoms with Crippen LogP contribution in [0.25, 0.3) is 0 Å². The van der Waals surface area contributed by atoms with Gasteiger partial charge in [-0.2, -0.15) is 0 Å². The van der Waals surface area contributed by atoms with Crippen LogP contribution in [-0.4, -0.2) is 5.91 Å². The van der Waals surface area contributed by atoms with Crippen LogP contribution in [-0.2, 0) is 10.2 Å². The van der Waals surface area contributed by atoms with Gasteiger partial charge < -0.3 is 5.32 Å². The van der Waals surface area contributed by atoms with Gasteiger partial charge >= 0.3 is 0 Å². The van der Waals surface area contributed by atoms with Gasteiger partial charge in [0.05, 0.1) is 5.41 Å². The van der Waals surface area contributed by atoms with E-state index in [1.165, 1.54) is 41.5 Å². The first-order valence-electron chi connectivity index (χ1n) is 10.8. The van der Waals surface area contributed by atoms with Crippen molar-refractivity contribution in [3.05, 3.63) is 64.7 Å². The van der Waals surface area contributed by atoms with Crippen molar-refractivity contribution in [3.8, 4) is 0 Å². The molecule has 2 heteroatoms. The van der Waals surface area contributed by atoms with E-state index >= 15 is 0 Å². The van der Waals surface area contributed by atoms with Crippen LogP contribution >= 0.6 is 0 Å². The number of hydrogen-bond donors (Lipinski definition) is 1. The number of carbonyl (C=O) groups excluding carboxylic acids is 1. The van der Waals surface area contributed by atoms with E-state index in [9.17, 15) is 4.79 Å². The quantitative estimate of drug-likeness (QED) is 0.693. The van der Waals surface area contributed by atoms with E-state index in [0.29, 0.717) is 11.8 Å². The van der Waals surface area contributed by atoms with Crippen LogP contribution in [0.3, 0.4) is 0 Å². The molecule has 6 rings (SSSR count). The van der Waals surface area contributed by atoms with E-state index in [4.69, 9.17) is 0 Å². The Morgan fingerprint density at radius 2 is 1.61 bits per heavy atom. The minimum Gasteiger partial charge on any atom is -0.325 e. The zero-order chi connectivity index (χ0) is 19.5. The summed E-state index contributed by atoms with van der Waals surface area (Å²) in [6.45, 7) is 6.38. The van der Waals surface area contributed by atoms with Gasteiger partial charge in [0.15, 0.2) is 0 Å². The lowest BCUT2D eigenvalue weighted by molar-refractivity contribution is -0.143. The predicted octanol–water partition coefficient (Wildman–Crippen LogP) is 6.09. The number of amides is 1. The van der Waals surface area contributed by atoms with Crippen LogP contribution < -0.4 is 5.32 Å². The highest BCUT2D eigenvalue weighted by Crippen LogP contribution is 2.66. The molecule has 0 saturated heterocycles. The third kappa shape index (κ3) is 2.72. The average Bonchev–Trinajstić information content (AvgIpc) is 2.65. The van der Waals surface area contributed by atoms with E-state index < -0.39 is 0 Å². The van der Waals surface area contributed by atoms with Gasteiger partial charge in [-0.15, -0.1) is 0 Å². The molecular formula is C26H31NO. The van der Waals surface area contributed by atoms with Crippen LogP contribution in [0.1, 0.15) is 60.8 Å². The first-order chi connectivity index (χ1) is 13.4. The largest absolute Gasteiger partial charge is 0.325 e. The van der Waals surface area contributed by atoms with Gasteiger partial charge in [0.2, 0.25) is 5.91 Å². The molecule has 28 heavy (non-hydrogen) atoms. The highest BCUT2D eigenvalue weighted by Gasteiger charge is 2.60. The Morgan fingerprint density at radius 3 is 2.29 bits per heavy atom. The van der Waals surface area contributed by atoms with Gasteiger partial charge in [-0.05, 0) is 99.3 Å². The fourth-order valence-electron chi connectivity index (χ4n) is 6.91. The van der Waals surface area contributed by atoms with Gasteiger partial charge in [0, 0.05) is 5.69 Å². The van der Waals surface area contributed by atoms with Crippen LogP contribution in [0.5, 0.6) is 0 Å². The molecule has 2 aromatic carbocycles. The molecular weight excluding hydrogens is 342 g/mol. The minimum absolute atomic E-state index is 0.189. The monoisotopic (exact) mass is 373 g/mol. The van der Waals surface area contributed by atoms with Crippen molar-refractivity contribution >= 4 is 11.6 Å².